The van der Waals surface area contributed by atoms with Gasteiger partial charge in [-0.05, 0) is 104 Å². The molecule has 0 bridgehead atoms. The van der Waals surface area contributed by atoms with E-state index in [9.17, 15) is 91.0 Å². The standard InChI is InChI=1S/C61H95NO29/c1-8-27-37(70)42(75)50(84-27)83-22-34(68)62-35-28(19-63)85-53(43(76)39(35)72)91-55(81)61-16-15-56(2,3)17-25(61)24-9-10-31-57(4)13-12-33(58(5,23-65)30(57)11-14-59(31,6)60(24,7)18-32(61)67)87-54-48(90-52-44(77)40(73)38(71)29(20-64)86-52)46(45(78)47(89-54)49(79)80)88-51-41(74)36(69)26(66)21-82-51/h9,23,25-33,35-48,50-54,63-64,66-67,69-78H,8,10-22H2,1-7H3,(H,62,68)(H,79,80)/t25?,26-,27+,28?,29?,30+,31?,32?,33-,35-,36-,37?,38-,39?,40-,41?,42?,43?,44?,45+,46-,47?,48?,50+,51-,52-,53-,54+,57?,58+,59?,60?,61+/m0/s1. The van der Waals surface area contributed by atoms with Gasteiger partial charge >= 0.3 is 11.9 Å². The molecule has 5 aliphatic heterocycles. The summed E-state index contributed by atoms with van der Waals surface area (Å²) in [5.74, 6) is -4.73. The fourth-order valence-corrected chi connectivity index (χ4v) is 17.9. The number of rotatable bonds is 17. The molecule has 16 N–H and O–H groups in total. The number of allylic oxidation sites excluding steroid dienone is 2. The zero-order valence-corrected chi connectivity index (χ0v) is 52.1. The Morgan fingerprint density at radius 1 is 0.637 bits per heavy atom. The molecule has 10 rings (SSSR count). The Kier molecular flexibility index (Phi) is 20.5. The quantitative estimate of drug-likeness (QED) is 0.0284. The van der Waals surface area contributed by atoms with Crippen LogP contribution >= 0.6 is 0 Å². The molecule has 0 radical (unpaired) electrons. The van der Waals surface area contributed by atoms with Crippen LogP contribution in [0.4, 0.5) is 0 Å². The second kappa shape index (κ2) is 26.4. The van der Waals surface area contributed by atoms with E-state index in [1.54, 1.807) is 13.8 Å². The molecule has 1 amide bonds. The number of aldehydes is 1. The van der Waals surface area contributed by atoms with Crippen molar-refractivity contribution in [2.24, 2.45) is 50.2 Å². The first kappa shape index (κ1) is 70.7. The van der Waals surface area contributed by atoms with E-state index >= 15 is 4.79 Å². The molecule has 30 heteroatoms. The van der Waals surface area contributed by atoms with E-state index in [1.165, 1.54) is 0 Å². The van der Waals surface area contributed by atoms with Crippen LogP contribution in [0.15, 0.2) is 11.6 Å². The number of carboxylic acid groups (broad SMARTS) is 1. The maximum absolute atomic E-state index is 15.2. The van der Waals surface area contributed by atoms with Gasteiger partial charge in [0.2, 0.25) is 12.2 Å². The number of carbonyl (C=O) groups is 4. The Balaban J connectivity index is 0.896. The van der Waals surface area contributed by atoms with Crippen molar-refractivity contribution in [2.75, 3.05) is 26.4 Å². The van der Waals surface area contributed by atoms with Gasteiger partial charge in [-0.3, -0.25) is 9.59 Å². The number of aliphatic hydroxyl groups is 14. The van der Waals surface area contributed by atoms with Gasteiger partial charge in [0.15, 0.2) is 31.3 Å². The number of carboxylic acids is 1. The van der Waals surface area contributed by atoms with Crippen LogP contribution in [0.5, 0.6) is 0 Å². The first-order chi connectivity index (χ1) is 42.7. The van der Waals surface area contributed by atoms with E-state index in [2.05, 4.69) is 46.0 Å². The number of hydrogen-bond donors (Lipinski definition) is 16. The monoisotopic (exact) mass is 1310 g/mol. The third kappa shape index (κ3) is 12.0. The molecular weight excluding hydrogens is 1210 g/mol. The van der Waals surface area contributed by atoms with Gasteiger partial charge in [-0.2, -0.15) is 0 Å². The van der Waals surface area contributed by atoms with Crippen molar-refractivity contribution in [3.05, 3.63) is 11.6 Å². The number of esters is 1. The Labute approximate surface area is 525 Å². The third-order valence-electron chi connectivity index (χ3n) is 23.5. The lowest BCUT2D eigenvalue weighted by Gasteiger charge is -2.71. The number of ether oxygens (including phenoxy) is 10. The molecule has 30 nitrogen and oxygen atoms in total. The Hall–Kier alpha value is -3.10. The van der Waals surface area contributed by atoms with Gasteiger partial charge in [0.25, 0.3) is 0 Å². The van der Waals surface area contributed by atoms with E-state index in [0.717, 1.165) is 11.9 Å². The topological polar surface area (TPSA) is 476 Å². The second-order valence-corrected chi connectivity index (χ2v) is 29.0. The van der Waals surface area contributed by atoms with Crippen LogP contribution in [0.1, 0.15) is 113 Å². The zero-order valence-electron chi connectivity index (χ0n) is 52.1. The minimum absolute atomic E-state index is 0.0829. The van der Waals surface area contributed by atoms with Crippen LogP contribution in [-0.2, 0) is 66.5 Å². The van der Waals surface area contributed by atoms with E-state index in [-0.39, 0.29) is 30.6 Å². The fraction of sp³-hybridized carbons (Fsp3) is 0.902. The maximum atomic E-state index is 15.2. The summed E-state index contributed by atoms with van der Waals surface area (Å²) < 4.78 is 59.0. The summed E-state index contributed by atoms with van der Waals surface area (Å²) in [6, 6.07) is -1.45. The van der Waals surface area contributed by atoms with Gasteiger partial charge in [0.05, 0.1) is 49.6 Å². The highest BCUT2D eigenvalue weighted by molar-refractivity contribution is 5.80. The minimum Gasteiger partial charge on any atom is -0.479 e. The van der Waals surface area contributed by atoms with E-state index in [4.69, 9.17) is 47.4 Å². The number of carbonyl (C=O) groups excluding carboxylic acids is 3. The lowest BCUT2D eigenvalue weighted by Crippen LogP contribution is -2.69. The molecule has 33 atom stereocenters. The highest BCUT2D eigenvalue weighted by Gasteiger charge is 2.73. The van der Waals surface area contributed by atoms with Gasteiger partial charge in [0, 0.05) is 0 Å². The lowest BCUT2D eigenvalue weighted by atomic mass is 9.33. The fourth-order valence-electron chi connectivity index (χ4n) is 17.9. The van der Waals surface area contributed by atoms with Crippen LogP contribution in [-0.4, -0.2) is 281 Å². The Morgan fingerprint density at radius 2 is 1.26 bits per heavy atom. The van der Waals surface area contributed by atoms with Gasteiger partial charge in [-0.15, -0.1) is 0 Å². The second-order valence-electron chi connectivity index (χ2n) is 29.0. The zero-order chi connectivity index (χ0) is 66.6. The summed E-state index contributed by atoms with van der Waals surface area (Å²) in [4.78, 5) is 55.4. The largest absolute Gasteiger partial charge is 0.479 e. The lowest BCUT2D eigenvalue weighted by molar-refractivity contribution is -0.391. The van der Waals surface area contributed by atoms with E-state index < -0.39 is 237 Å². The Morgan fingerprint density at radius 3 is 1.91 bits per heavy atom. The molecule has 0 aromatic rings. The van der Waals surface area contributed by atoms with Crippen molar-refractivity contribution < 1.29 is 143 Å². The molecule has 0 aromatic carbocycles. The van der Waals surface area contributed by atoms with Crippen LogP contribution < -0.4 is 5.32 Å². The molecule has 0 spiro atoms. The SMILES string of the molecule is CC[C@H]1O[C@@H](OCC(=O)N[C@H]2C(CO)O[C@@H](OC(=O)[C@]34CCC(C)(C)CC3C3=CCC5C6(C)CC[C@H](O[C@@H]7OC(C(=O)O)[C@H](O)[C@H](O[C@@H]8OC[C@H](O)[C@H](O)C8O)C7O[C@@H]7OC(CO)[C@H](O)[C@H](O)C7O)[C@](C)(C=O)[C@@H]6CCC5(C)C3(C)CC4O)C(O)C2O)C(O)C1O. The Bertz CT molecular complexity index is 2650. The third-order valence-corrected chi connectivity index (χ3v) is 23.5. The molecule has 5 saturated heterocycles. The van der Waals surface area contributed by atoms with Crippen LogP contribution in [0.3, 0.4) is 0 Å². The molecule has 518 valence electrons. The summed E-state index contributed by atoms with van der Waals surface area (Å²) in [5.41, 5.74) is -4.47. The molecule has 91 heavy (non-hydrogen) atoms. The maximum Gasteiger partial charge on any atom is 0.335 e. The highest BCUT2D eigenvalue weighted by atomic mass is 16.8. The molecule has 9 fully saturated rings. The van der Waals surface area contributed by atoms with E-state index in [1.807, 2.05) is 0 Å². The van der Waals surface area contributed by atoms with Crippen molar-refractivity contribution in [1.82, 2.24) is 5.32 Å². The van der Waals surface area contributed by atoms with Crippen LogP contribution in [0.25, 0.3) is 0 Å². The van der Waals surface area contributed by atoms with Crippen LogP contribution in [0.2, 0.25) is 0 Å². The van der Waals surface area contributed by atoms with Crippen molar-refractivity contribution >= 4 is 24.1 Å². The van der Waals surface area contributed by atoms with Crippen molar-refractivity contribution in [3.8, 4) is 0 Å². The summed E-state index contributed by atoms with van der Waals surface area (Å²) in [7, 11) is 0. The predicted molar refractivity (Wildman–Crippen MR) is 302 cm³/mol. The molecule has 10 aliphatic rings. The number of aliphatic carboxylic acids is 1. The molecule has 4 saturated carbocycles. The molecular formula is C61H95NO29. The summed E-state index contributed by atoms with van der Waals surface area (Å²) in [6.45, 7) is 11.0. The average Bonchev–Trinajstić information content (AvgIpc) is 0.909. The van der Waals surface area contributed by atoms with Gasteiger partial charge in [-0.1, -0.05) is 60.1 Å². The molecule has 16 unspecified atom stereocenters. The smallest absolute Gasteiger partial charge is 0.335 e. The van der Waals surface area contributed by atoms with Crippen molar-refractivity contribution in [2.45, 2.75) is 266 Å². The van der Waals surface area contributed by atoms with Gasteiger partial charge < -0.3 is 134 Å². The average molecular weight is 1310 g/mol. The normalized spacial score (nSPS) is 52.1. The molecule has 5 heterocycles. The molecule has 5 aliphatic carbocycles. The van der Waals surface area contributed by atoms with E-state index in [0.29, 0.717) is 44.9 Å². The minimum atomic E-state index is -2.20. The summed E-state index contributed by atoms with van der Waals surface area (Å²) in [5, 5.41) is 166. The van der Waals surface area contributed by atoms with Crippen molar-refractivity contribution in [1.29, 1.82) is 0 Å². The number of hydrogen-bond acceptors (Lipinski definition) is 28. The van der Waals surface area contributed by atoms with Crippen LogP contribution in [0, 0.1) is 50.2 Å². The number of fused-ring (bicyclic) bond motifs is 7. The number of amides is 1. The first-order valence-corrected chi connectivity index (χ1v) is 31.8. The van der Waals surface area contributed by atoms with Gasteiger partial charge in [0.1, 0.15) is 110 Å². The molecule has 0 aromatic heterocycles. The van der Waals surface area contributed by atoms with Gasteiger partial charge in [-0.25, -0.2) is 4.79 Å². The van der Waals surface area contributed by atoms with Crippen molar-refractivity contribution in [3.63, 3.8) is 0 Å². The summed E-state index contributed by atoms with van der Waals surface area (Å²) >= 11 is 0. The first-order valence-electron chi connectivity index (χ1n) is 31.8. The number of nitrogens with one attached hydrogen (secondary N) is 1. The number of aliphatic hydroxyl groups excluding tert-OH is 14. The predicted octanol–water partition coefficient (Wildman–Crippen LogP) is -4.16. The highest BCUT2D eigenvalue weighted by Crippen LogP contribution is 2.76. The summed E-state index contributed by atoms with van der Waals surface area (Å²) in [6.07, 6.45) is -34.8.